The van der Waals surface area contributed by atoms with Gasteiger partial charge in [0, 0.05) is 0 Å². The number of methoxy groups -OCH3 is 1. The Morgan fingerprint density at radius 1 is 1.67 bits per heavy atom. The molecule has 0 radical (unpaired) electrons. The van der Waals surface area contributed by atoms with E-state index in [4.69, 9.17) is 4.74 Å². The van der Waals surface area contributed by atoms with Crippen molar-refractivity contribution in [3.8, 4) is 0 Å². The maximum atomic E-state index is 9.89. The highest BCUT2D eigenvalue weighted by molar-refractivity contribution is 9.11. The molecular formula is C8H10BrNO2. The molecule has 0 heterocycles. The molecule has 0 aromatic heterocycles. The summed E-state index contributed by atoms with van der Waals surface area (Å²) >= 11 is 3.21. The molecule has 0 rings (SSSR count). The van der Waals surface area contributed by atoms with Gasteiger partial charge in [0.15, 0.2) is 5.76 Å². The van der Waals surface area contributed by atoms with Crippen molar-refractivity contribution in [2.24, 2.45) is 5.18 Å². The van der Waals surface area contributed by atoms with Crippen LogP contribution in [0.5, 0.6) is 0 Å². The second-order valence-corrected chi connectivity index (χ2v) is 3.00. The van der Waals surface area contributed by atoms with E-state index in [1.807, 2.05) is 6.92 Å². The predicted molar refractivity (Wildman–Crippen MR) is 52.7 cm³/mol. The van der Waals surface area contributed by atoms with Crippen molar-refractivity contribution in [1.29, 1.82) is 0 Å². The van der Waals surface area contributed by atoms with Crippen LogP contribution in [-0.2, 0) is 4.74 Å². The fourth-order valence-corrected chi connectivity index (χ4v) is 1.20. The van der Waals surface area contributed by atoms with Gasteiger partial charge in [-0.1, -0.05) is 12.2 Å². The van der Waals surface area contributed by atoms with E-state index in [1.54, 1.807) is 6.08 Å². The molecule has 0 aliphatic rings. The molecule has 0 unspecified atom stereocenters. The minimum absolute atomic E-state index is 0.382. The van der Waals surface area contributed by atoms with Crippen molar-refractivity contribution < 1.29 is 4.74 Å². The van der Waals surface area contributed by atoms with Gasteiger partial charge < -0.3 is 4.74 Å². The van der Waals surface area contributed by atoms with Crippen molar-refractivity contribution in [3.05, 3.63) is 39.6 Å². The maximum Gasteiger partial charge on any atom is 0.154 e. The molecule has 4 heteroatoms. The molecule has 0 bridgehead atoms. The fraction of sp³-hybridized carbons (Fsp3) is 0.250. The second-order valence-electron chi connectivity index (χ2n) is 2.14. The van der Waals surface area contributed by atoms with Gasteiger partial charge in [-0.2, -0.15) is 0 Å². The Balaban J connectivity index is 4.63. The molecule has 66 valence electrons. The smallest absolute Gasteiger partial charge is 0.154 e. The first-order chi connectivity index (χ1) is 5.61. The van der Waals surface area contributed by atoms with Crippen molar-refractivity contribution in [1.82, 2.24) is 0 Å². The third kappa shape index (κ3) is 4.08. The van der Waals surface area contributed by atoms with Crippen LogP contribution in [0.1, 0.15) is 6.92 Å². The van der Waals surface area contributed by atoms with Crippen LogP contribution in [0.4, 0.5) is 0 Å². The van der Waals surface area contributed by atoms with Crippen LogP contribution in [0, 0.1) is 4.91 Å². The topological polar surface area (TPSA) is 38.7 Å². The minimum atomic E-state index is 0.382. The number of hydrogen-bond donors (Lipinski definition) is 0. The molecule has 0 aromatic carbocycles. The molecule has 0 aromatic rings. The zero-order valence-corrected chi connectivity index (χ0v) is 8.59. The van der Waals surface area contributed by atoms with Crippen molar-refractivity contribution in [2.45, 2.75) is 6.92 Å². The van der Waals surface area contributed by atoms with E-state index in [0.29, 0.717) is 10.2 Å². The standard InChI is InChI=1S/C8H10BrNO2/c1-6(2)4-7(9)8(12-3)5-10-11/h4-5H,1H2,2-3H3/b7-4+,8-5+. The molecule has 3 nitrogen and oxygen atoms in total. The van der Waals surface area contributed by atoms with Gasteiger partial charge >= 0.3 is 0 Å². The molecule has 0 aliphatic heterocycles. The molecular weight excluding hydrogens is 222 g/mol. The first-order valence-electron chi connectivity index (χ1n) is 3.21. The lowest BCUT2D eigenvalue weighted by Crippen LogP contribution is -1.85. The first-order valence-corrected chi connectivity index (χ1v) is 4.00. The Morgan fingerprint density at radius 3 is 2.58 bits per heavy atom. The van der Waals surface area contributed by atoms with E-state index in [9.17, 15) is 4.91 Å². The number of allylic oxidation sites excluding steroid dienone is 3. The van der Waals surface area contributed by atoms with E-state index < -0.39 is 0 Å². The average Bonchev–Trinajstić information content (AvgIpc) is 1.98. The lowest BCUT2D eigenvalue weighted by atomic mass is 10.3. The first kappa shape index (κ1) is 11.1. The van der Waals surface area contributed by atoms with Gasteiger partial charge in [0.1, 0.15) is 6.20 Å². The van der Waals surface area contributed by atoms with E-state index in [1.165, 1.54) is 7.11 Å². The number of ether oxygens (including phenoxy) is 1. The Morgan fingerprint density at radius 2 is 2.25 bits per heavy atom. The maximum absolute atomic E-state index is 9.89. The number of hydrogen-bond acceptors (Lipinski definition) is 3. The fourth-order valence-electron chi connectivity index (χ4n) is 0.547. The van der Waals surface area contributed by atoms with E-state index >= 15 is 0 Å². The van der Waals surface area contributed by atoms with Crippen molar-refractivity contribution in [3.63, 3.8) is 0 Å². The Hall–Kier alpha value is -0.900. The number of nitrogens with zero attached hydrogens (tertiary/aromatic N) is 1. The molecule has 0 saturated carbocycles. The van der Waals surface area contributed by atoms with Gasteiger partial charge in [0.2, 0.25) is 0 Å². The van der Waals surface area contributed by atoms with Crippen LogP contribution in [0.2, 0.25) is 0 Å². The average molecular weight is 232 g/mol. The summed E-state index contributed by atoms with van der Waals surface area (Å²) < 4.78 is 5.51. The molecule has 0 spiro atoms. The normalized spacial score (nSPS) is 12.6. The van der Waals surface area contributed by atoms with Gasteiger partial charge in [-0.3, -0.25) is 0 Å². The van der Waals surface area contributed by atoms with Gasteiger partial charge in [0.25, 0.3) is 0 Å². The van der Waals surface area contributed by atoms with Crippen LogP contribution < -0.4 is 0 Å². The summed E-state index contributed by atoms with van der Waals surface area (Å²) in [4.78, 5) is 9.89. The Bertz CT molecular complexity index is 243. The summed E-state index contributed by atoms with van der Waals surface area (Å²) in [5, 5.41) is 2.60. The van der Waals surface area contributed by atoms with E-state index in [0.717, 1.165) is 11.8 Å². The highest BCUT2D eigenvalue weighted by Gasteiger charge is 2.00. The summed E-state index contributed by atoms with van der Waals surface area (Å²) in [6.45, 7) is 5.51. The predicted octanol–water partition coefficient (Wildman–Crippen LogP) is 3.10. The third-order valence-electron chi connectivity index (χ3n) is 0.998. The molecule has 0 amide bonds. The molecule has 0 saturated heterocycles. The Kier molecular flexibility index (Phi) is 5.28. The van der Waals surface area contributed by atoms with E-state index in [2.05, 4.69) is 27.7 Å². The molecule has 12 heavy (non-hydrogen) atoms. The van der Waals surface area contributed by atoms with Crippen molar-refractivity contribution in [2.75, 3.05) is 7.11 Å². The van der Waals surface area contributed by atoms with Gasteiger partial charge in [-0.15, -0.1) is 4.91 Å². The molecule has 0 fully saturated rings. The monoisotopic (exact) mass is 231 g/mol. The van der Waals surface area contributed by atoms with Gasteiger partial charge in [0.05, 0.1) is 11.6 Å². The lowest BCUT2D eigenvalue weighted by molar-refractivity contribution is 0.304. The summed E-state index contributed by atoms with van der Waals surface area (Å²) in [6.07, 6.45) is 2.82. The highest BCUT2D eigenvalue weighted by atomic mass is 79.9. The lowest BCUT2D eigenvalue weighted by Gasteiger charge is -2.01. The highest BCUT2D eigenvalue weighted by Crippen LogP contribution is 2.19. The molecule has 0 atom stereocenters. The second kappa shape index (κ2) is 5.71. The van der Waals surface area contributed by atoms with Gasteiger partial charge in [-0.05, 0) is 34.1 Å². The zero-order valence-electron chi connectivity index (χ0n) is 7.00. The van der Waals surface area contributed by atoms with Gasteiger partial charge in [-0.25, -0.2) is 0 Å². The summed E-state index contributed by atoms with van der Waals surface area (Å²) in [6, 6.07) is 0. The minimum Gasteiger partial charge on any atom is -0.494 e. The summed E-state index contributed by atoms with van der Waals surface area (Å²) in [7, 11) is 1.46. The number of halogens is 1. The third-order valence-corrected chi connectivity index (χ3v) is 1.62. The quantitative estimate of drug-likeness (QED) is 0.424. The van der Waals surface area contributed by atoms with Crippen LogP contribution in [0.25, 0.3) is 0 Å². The van der Waals surface area contributed by atoms with Crippen LogP contribution >= 0.6 is 15.9 Å². The largest absolute Gasteiger partial charge is 0.494 e. The van der Waals surface area contributed by atoms with Crippen LogP contribution in [0.15, 0.2) is 39.8 Å². The zero-order chi connectivity index (χ0) is 9.56. The van der Waals surface area contributed by atoms with Crippen molar-refractivity contribution >= 4 is 15.9 Å². The van der Waals surface area contributed by atoms with Crippen LogP contribution in [0.3, 0.4) is 0 Å². The molecule has 0 aliphatic carbocycles. The number of nitroso groups, excluding NO2 is 1. The number of rotatable bonds is 4. The molecule has 0 N–H and O–H groups in total. The Labute approximate surface area is 79.9 Å². The van der Waals surface area contributed by atoms with Crippen LogP contribution in [-0.4, -0.2) is 7.11 Å². The summed E-state index contributed by atoms with van der Waals surface area (Å²) in [5.41, 5.74) is 0.857. The summed E-state index contributed by atoms with van der Waals surface area (Å²) in [5.74, 6) is 0.382. The van der Waals surface area contributed by atoms with E-state index in [-0.39, 0.29) is 0 Å². The SMILES string of the molecule is C=C(C)/C=C(Br)\C(=C/N=O)OC.